The maximum absolute atomic E-state index is 2.45. The first-order valence-electron chi connectivity index (χ1n) is 6.44. The second-order valence-corrected chi connectivity index (χ2v) is 4.93. The molecule has 82 valence electrons. The van der Waals surface area contributed by atoms with Gasteiger partial charge in [-0.3, -0.25) is 0 Å². The zero-order chi connectivity index (χ0) is 9.64. The van der Waals surface area contributed by atoms with E-state index in [1.807, 2.05) is 9.80 Å². The van der Waals surface area contributed by atoms with E-state index in [2.05, 4.69) is 5.32 Å². The highest BCUT2D eigenvalue weighted by Gasteiger charge is 2.18. The number of nitrogens with two attached hydrogens (primary N) is 1. The van der Waals surface area contributed by atoms with Crippen LogP contribution in [0.4, 0.5) is 0 Å². The first-order valence-corrected chi connectivity index (χ1v) is 6.44. The summed E-state index contributed by atoms with van der Waals surface area (Å²) in [7, 11) is 0. The van der Waals surface area contributed by atoms with Gasteiger partial charge in [-0.15, -0.1) is 0 Å². The van der Waals surface area contributed by atoms with Gasteiger partial charge in [-0.25, -0.2) is 0 Å². The van der Waals surface area contributed by atoms with Crippen molar-refractivity contribution in [1.29, 1.82) is 0 Å². The summed E-state index contributed by atoms with van der Waals surface area (Å²) in [5, 5.41) is 2.45. The molecule has 0 bridgehead atoms. The minimum Gasteiger partial charge on any atom is -0.337 e. The van der Waals surface area contributed by atoms with Gasteiger partial charge in [-0.2, -0.15) is 0 Å². The van der Waals surface area contributed by atoms with Crippen molar-refractivity contribution in [2.75, 3.05) is 52.4 Å². The first-order chi connectivity index (χ1) is 6.95. The molecular weight excluding hydrogens is 174 g/mol. The average molecular weight is 200 g/mol. The maximum atomic E-state index is 2.45. The Morgan fingerprint density at radius 3 is 2.00 bits per heavy atom. The average Bonchev–Trinajstić information content (AvgIpc) is 2.72. The van der Waals surface area contributed by atoms with Crippen molar-refractivity contribution in [3.05, 3.63) is 0 Å². The fourth-order valence-electron chi connectivity index (χ4n) is 2.85. The van der Waals surface area contributed by atoms with Crippen LogP contribution in [0.15, 0.2) is 0 Å². The summed E-state index contributed by atoms with van der Waals surface area (Å²) < 4.78 is 0. The molecule has 4 N–H and O–H groups in total. The van der Waals surface area contributed by atoms with E-state index >= 15 is 0 Å². The summed E-state index contributed by atoms with van der Waals surface area (Å²) in [5.74, 6) is 0. The van der Waals surface area contributed by atoms with Crippen molar-refractivity contribution < 1.29 is 15.1 Å². The van der Waals surface area contributed by atoms with Gasteiger partial charge >= 0.3 is 0 Å². The van der Waals surface area contributed by atoms with Crippen LogP contribution in [0.2, 0.25) is 0 Å². The van der Waals surface area contributed by atoms with E-state index in [9.17, 15) is 0 Å². The van der Waals surface area contributed by atoms with Gasteiger partial charge in [-0.05, 0) is 0 Å². The van der Waals surface area contributed by atoms with Crippen LogP contribution in [-0.4, -0.2) is 52.4 Å². The fraction of sp³-hybridized carbons (Fsp3) is 1.00. The Bertz CT molecular complexity index is 149. The summed E-state index contributed by atoms with van der Waals surface area (Å²) in [6, 6.07) is 0. The van der Waals surface area contributed by atoms with E-state index < -0.39 is 0 Å². The zero-order valence-corrected chi connectivity index (χ0v) is 9.36. The minimum atomic E-state index is 1.35. The number of piperazine rings is 1. The summed E-state index contributed by atoms with van der Waals surface area (Å²) in [4.78, 5) is 3.72. The molecule has 2 aliphatic rings. The van der Waals surface area contributed by atoms with Gasteiger partial charge in [0.15, 0.2) is 0 Å². The lowest BCUT2D eigenvalue weighted by molar-refractivity contribution is -0.951. The van der Waals surface area contributed by atoms with Gasteiger partial charge < -0.3 is 15.1 Å². The monoisotopic (exact) mass is 200 g/mol. The molecule has 2 rings (SSSR count). The van der Waals surface area contributed by atoms with E-state index in [4.69, 9.17) is 0 Å². The molecule has 0 radical (unpaired) electrons. The van der Waals surface area contributed by atoms with Crippen LogP contribution < -0.4 is 15.1 Å². The van der Waals surface area contributed by atoms with Crippen LogP contribution in [0.1, 0.15) is 19.3 Å². The third kappa shape index (κ3) is 3.23. The zero-order valence-electron chi connectivity index (χ0n) is 9.36. The lowest BCUT2D eigenvalue weighted by Crippen LogP contribution is -3.21. The first kappa shape index (κ1) is 10.4. The Balaban J connectivity index is 1.52. The quantitative estimate of drug-likeness (QED) is 0.420. The van der Waals surface area contributed by atoms with Crippen LogP contribution in [-0.2, 0) is 0 Å². The van der Waals surface area contributed by atoms with Gasteiger partial charge in [0, 0.05) is 19.3 Å². The lowest BCUT2D eigenvalue weighted by atomic mass is 10.3. The topological polar surface area (TPSA) is 25.5 Å². The number of nitrogens with one attached hydrogen (secondary N) is 2. The molecular formula is C11H26N3+3. The van der Waals surface area contributed by atoms with Gasteiger partial charge in [0.05, 0.1) is 26.2 Å². The standard InChI is InChI=1S/C11H23N3/c1-2-7-13(6-1)8-3-9-14-10-4-12-5-11-14/h12H,1-11H2/p+3. The Hall–Kier alpha value is -0.120. The maximum Gasteiger partial charge on any atom is 0.127 e. The molecule has 3 nitrogen and oxygen atoms in total. The molecule has 0 aromatic carbocycles. The Kier molecular flexibility index (Phi) is 4.22. The largest absolute Gasteiger partial charge is 0.337 e. The molecule has 14 heavy (non-hydrogen) atoms. The molecule has 2 fully saturated rings. The van der Waals surface area contributed by atoms with Crippen molar-refractivity contribution in [3.63, 3.8) is 0 Å². The molecule has 2 saturated heterocycles. The third-order valence-corrected chi connectivity index (χ3v) is 3.78. The van der Waals surface area contributed by atoms with Crippen LogP contribution in [0.5, 0.6) is 0 Å². The molecule has 3 heteroatoms. The van der Waals surface area contributed by atoms with Crippen LogP contribution in [0.25, 0.3) is 0 Å². The second-order valence-electron chi connectivity index (χ2n) is 4.93. The Morgan fingerprint density at radius 2 is 1.36 bits per heavy atom. The van der Waals surface area contributed by atoms with Crippen molar-refractivity contribution in [2.24, 2.45) is 0 Å². The third-order valence-electron chi connectivity index (χ3n) is 3.78. The summed E-state index contributed by atoms with van der Waals surface area (Å²) in [5.41, 5.74) is 0. The highest BCUT2D eigenvalue weighted by molar-refractivity contribution is 4.45. The van der Waals surface area contributed by atoms with E-state index in [-0.39, 0.29) is 0 Å². The van der Waals surface area contributed by atoms with E-state index in [0.717, 1.165) is 0 Å². The second kappa shape index (κ2) is 5.69. The number of likely N-dealkylation sites (tertiary alicyclic amines) is 1. The van der Waals surface area contributed by atoms with Crippen LogP contribution >= 0.6 is 0 Å². The highest BCUT2D eigenvalue weighted by atomic mass is 15.2. The number of quaternary nitrogens is 3. The summed E-state index contributed by atoms with van der Waals surface area (Å²) >= 11 is 0. The predicted molar refractivity (Wildman–Crippen MR) is 56.6 cm³/mol. The van der Waals surface area contributed by atoms with Gasteiger partial charge in [0.1, 0.15) is 26.2 Å². The Morgan fingerprint density at radius 1 is 0.786 bits per heavy atom. The molecule has 2 heterocycles. The predicted octanol–water partition coefficient (Wildman–Crippen LogP) is -3.48. The van der Waals surface area contributed by atoms with Crippen molar-refractivity contribution in [2.45, 2.75) is 19.3 Å². The summed E-state index contributed by atoms with van der Waals surface area (Å²) in [6.07, 6.45) is 4.40. The fourth-order valence-corrected chi connectivity index (χ4v) is 2.85. The molecule has 2 aliphatic heterocycles. The smallest absolute Gasteiger partial charge is 0.127 e. The molecule has 0 spiro atoms. The Labute approximate surface area is 87.4 Å². The van der Waals surface area contributed by atoms with Gasteiger partial charge in [0.25, 0.3) is 0 Å². The van der Waals surface area contributed by atoms with Crippen molar-refractivity contribution in [1.82, 2.24) is 0 Å². The van der Waals surface area contributed by atoms with E-state index in [1.165, 1.54) is 71.6 Å². The molecule has 0 aliphatic carbocycles. The molecule has 0 amide bonds. The van der Waals surface area contributed by atoms with Gasteiger partial charge in [0.2, 0.25) is 0 Å². The van der Waals surface area contributed by atoms with Crippen LogP contribution in [0.3, 0.4) is 0 Å². The van der Waals surface area contributed by atoms with Gasteiger partial charge in [-0.1, -0.05) is 0 Å². The minimum absolute atomic E-state index is 1.35. The molecule has 0 aromatic rings. The lowest BCUT2D eigenvalue weighted by Gasteiger charge is -2.22. The highest BCUT2D eigenvalue weighted by Crippen LogP contribution is 1.87. The molecule has 0 atom stereocenters. The normalized spacial score (nSPS) is 25.7. The van der Waals surface area contributed by atoms with Crippen molar-refractivity contribution >= 4 is 0 Å². The number of hydrogen-bond acceptors (Lipinski definition) is 0. The number of rotatable bonds is 4. The van der Waals surface area contributed by atoms with E-state index in [1.54, 1.807) is 0 Å². The molecule has 0 aromatic heterocycles. The molecule has 0 saturated carbocycles. The molecule has 0 unspecified atom stereocenters. The number of hydrogen-bond donors (Lipinski definition) is 3. The van der Waals surface area contributed by atoms with Crippen LogP contribution in [0, 0.1) is 0 Å². The SMILES string of the molecule is C1CC[NH+](CCC[NH+]2CC[NH2+]CC2)C1. The van der Waals surface area contributed by atoms with Crippen molar-refractivity contribution in [3.8, 4) is 0 Å². The summed E-state index contributed by atoms with van der Waals surface area (Å²) in [6.45, 7) is 11.3. The van der Waals surface area contributed by atoms with E-state index in [0.29, 0.717) is 0 Å².